The van der Waals surface area contributed by atoms with E-state index < -0.39 is 5.54 Å². The second kappa shape index (κ2) is 5.00. The summed E-state index contributed by atoms with van der Waals surface area (Å²) in [6.45, 7) is 6.54. The molecule has 2 rings (SSSR count). The quantitative estimate of drug-likeness (QED) is 0.760. The first-order valence-corrected chi connectivity index (χ1v) is 6.96. The molecule has 1 saturated carbocycles. The van der Waals surface area contributed by atoms with Crippen molar-refractivity contribution in [2.24, 2.45) is 5.92 Å². The summed E-state index contributed by atoms with van der Waals surface area (Å²) < 4.78 is 0. The number of hydrogen-bond donors (Lipinski definition) is 0. The molecule has 0 aromatic heterocycles. The van der Waals surface area contributed by atoms with Gasteiger partial charge in [-0.3, -0.25) is 14.5 Å². The molecule has 1 heterocycles. The highest BCUT2D eigenvalue weighted by atomic mass is 16.2. The number of nitrogens with zero attached hydrogens (tertiary/aromatic N) is 2. The third-order valence-electron chi connectivity index (χ3n) is 4.54. The molecule has 0 radical (unpaired) electrons. The van der Waals surface area contributed by atoms with E-state index in [0.717, 1.165) is 45.3 Å². The fraction of sp³-hybridized carbons (Fsp3) is 0.857. The molecule has 1 saturated heterocycles. The van der Waals surface area contributed by atoms with E-state index in [4.69, 9.17) is 0 Å². The molecule has 0 N–H and O–H groups in total. The maximum atomic E-state index is 12.1. The Morgan fingerprint density at radius 2 is 2.00 bits per heavy atom. The van der Waals surface area contributed by atoms with Crippen LogP contribution in [0, 0.1) is 5.92 Å². The Morgan fingerprint density at radius 3 is 2.61 bits per heavy atom. The molecule has 102 valence electrons. The van der Waals surface area contributed by atoms with Gasteiger partial charge in [0.1, 0.15) is 5.78 Å². The number of amides is 1. The van der Waals surface area contributed by atoms with Gasteiger partial charge in [-0.05, 0) is 39.7 Å². The van der Waals surface area contributed by atoms with Crippen molar-refractivity contribution in [3.05, 3.63) is 0 Å². The molecule has 1 amide bonds. The molecule has 1 atom stereocenters. The summed E-state index contributed by atoms with van der Waals surface area (Å²) in [7, 11) is 1.86. The standard InChI is InChI=1S/C14H24N2O2/c1-14(2)13(18)15(3)9-10-16(14)8-7-11-5-4-6-12(11)17/h11H,4-10H2,1-3H3. The van der Waals surface area contributed by atoms with Crippen LogP contribution < -0.4 is 0 Å². The highest BCUT2D eigenvalue weighted by Gasteiger charge is 2.40. The van der Waals surface area contributed by atoms with Crippen molar-refractivity contribution >= 4 is 11.7 Å². The second-order valence-electron chi connectivity index (χ2n) is 6.12. The lowest BCUT2D eigenvalue weighted by atomic mass is 9.95. The molecule has 2 aliphatic rings. The zero-order valence-corrected chi connectivity index (χ0v) is 11.7. The highest BCUT2D eigenvalue weighted by Crippen LogP contribution is 2.27. The van der Waals surface area contributed by atoms with Gasteiger partial charge in [0, 0.05) is 32.5 Å². The Kier molecular flexibility index (Phi) is 3.76. The fourth-order valence-corrected chi connectivity index (χ4v) is 3.15. The summed E-state index contributed by atoms with van der Waals surface area (Å²) in [6.07, 6.45) is 3.77. The highest BCUT2D eigenvalue weighted by molar-refractivity contribution is 5.86. The van der Waals surface area contributed by atoms with Gasteiger partial charge < -0.3 is 4.90 Å². The van der Waals surface area contributed by atoms with Gasteiger partial charge in [0.15, 0.2) is 0 Å². The van der Waals surface area contributed by atoms with E-state index in [1.807, 2.05) is 20.9 Å². The molecule has 0 bridgehead atoms. The third-order valence-corrected chi connectivity index (χ3v) is 4.54. The summed E-state index contributed by atoms with van der Waals surface area (Å²) in [4.78, 5) is 27.8. The lowest BCUT2D eigenvalue weighted by molar-refractivity contribution is -0.147. The van der Waals surface area contributed by atoms with Crippen LogP contribution in [0.4, 0.5) is 0 Å². The van der Waals surface area contributed by atoms with Gasteiger partial charge in [-0.15, -0.1) is 0 Å². The Labute approximate surface area is 109 Å². The van der Waals surface area contributed by atoms with E-state index >= 15 is 0 Å². The number of carbonyl (C=O) groups excluding carboxylic acids is 2. The van der Waals surface area contributed by atoms with Crippen LogP contribution in [0.3, 0.4) is 0 Å². The van der Waals surface area contributed by atoms with Crippen LogP contribution in [-0.4, -0.2) is 53.7 Å². The van der Waals surface area contributed by atoms with Gasteiger partial charge in [0.05, 0.1) is 5.54 Å². The Morgan fingerprint density at radius 1 is 1.28 bits per heavy atom. The Balaban J connectivity index is 1.92. The maximum Gasteiger partial charge on any atom is 0.242 e. The van der Waals surface area contributed by atoms with E-state index in [0.29, 0.717) is 5.78 Å². The average molecular weight is 252 g/mol. The zero-order chi connectivity index (χ0) is 13.3. The predicted molar refractivity (Wildman–Crippen MR) is 70.3 cm³/mol. The minimum absolute atomic E-state index is 0.187. The minimum Gasteiger partial charge on any atom is -0.343 e. The van der Waals surface area contributed by atoms with Crippen LogP contribution in [0.1, 0.15) is 39.5 Å². The molecule has 0 aromatic carbocycles. The van der Waals surface area contributed by atoms with Crippen LogP contribution in [0.25, 0.3) is 0 Å². The van der Waals surface area contributed by atoms with Crippen LogP contribution >= 0.6 is 0 Å². The van der Waals surface area contributed by atoms with Crippen molar-refractivity contribution in [3.63, 3.8) is 0 Å². The van der Waals surface area contributed by atoms with Gasteiger partial charge in [-0.2, -0.15) is 0 Å². The number of rotatable bonds is 3. The molecule has 1 unspecified atom stereocenters. The van der Waals surface area contributed by atoms with Gasteiger partial charge in [0.2, 0.25) is 5.91 Å². The van der Waals surface area contributed by atoms with Crippen LogP contribution in [0.5, 0.6) is 0 Å². The molecule has 4 heteroatoms. The van der Waals surface area contributed by atoms with Gasteiger partial charge in [0.25, 0.3) is 0 Å². The van der Waals surface area contributed by atoms with E-state index in [2.05, 4.69) is 4.90 Å². The van der Waals surface area contributed by atoms with Gasteiger partial charge >= 0.3 is 0 Å². The summed E-state index contributed by atoms with van der Waals surface area (Å²) in [5.74, 6) is 0.857. The first kappa shape index (κ1) is 13.5. The summed E-state index contributed by atoms with van der Waals surface area (Å²) in [5.41, 5.74) is -0.422. The fourth-order valence-electron chi connectivity index (χ4n) is 3.15. The monoisotopic (exact) mass is 252 g/mol. The van der Waals surface area contributed by atoms with Crippen molar-refractivity contribution in [2.75, 3.05) is 26.7 Å². The topological polar surface area (TPSA) is 40.6 Å². The first-order chi connectivity index (χ1) is 8.43. The average Bonchev–Trinajstić information content (AvgIpc) is 2.71. The predicted octanol–water partition coefficient (Wildman–Crippen LogP) is 1.30. The van der Waals surface area contributed by atoms with Gasteiger partial charge in [-0.1, -0.05) is 0 Å². The Bertz CT molecular complexity index is 352. The first-order valence-electron chi connectivity index (χ1n) is 6.96. The molecule has 0 aromatic rings. The summed E-state index contributed by atoms with van der Waals surface area (Å²) >= 11 is 0. The summed E-state index contributed by atoms with van der Waals surface area (Å²) in [5, 5.41) is 0. The van der Waals surface area contributed by atoms with Crippen molar-refractivity contribution in [1.82, 2.24) is 9.80 Å². The van der Waals surface area contributed by atoms with E-state index in [1.165, 1.54) is 0 Å². The van der Waals surface area contributed by atoms with E-state index in [-0.39, 0.29) is 11.8 Å². The molecular formula is C14H24N2O2. The van der Waals surface area contributed by atoms with Gasteiger partial charge in [-0.25, -0.2) is 0 Å². The van der Waals surface area contributed by atoms with Crippen molar-refractivity contribution < 1.29 is 9.59 Å². The van der Waals surface area contributed by atoms with Crippen LogP contribution in [-0.2, 0) is 9.59 Å². The number of hydrogen-bond acceptors (Lipinski definition) is 3. The van der Waals surface area contributed by atoms with E-state index in [9.17, 15) is 9.59 Å². The zero-order valence-electron chi connectivity index (χ0n) is 11.7. The SMILES string of the molecule is CN1CCN(CCC2CCCC2=O)C(C)(C)C1=O. The number of ketones is 1. The number of piperazine rings is 1. The molecule has 2 fully saturated rings. The van der Waals surface area contributed by atoms with Crippen LogP contribution in [0.15, 0.2) is 0 Å². The largest absolute Gasteiger partial charge is 0.343 e. The van der Waals surface area contributed by atoms with Crippen molar-refractivity contribution in [1.29, 1.82) is 0 Å². The maximum absolute atomic E-state index is 12.1. The van der Waals surface area contributed by atoms with E-state index in [1.54, 1.807) is 4.90 Å². The lowest BCUT2D eigenvalue weighted by Crippen LogP contribution is -2.62. The molecule has 0 spiro atoms. The van der Waals surface area contributed by atoms with Crippen LogP contribution in [0.2, 0.25) is 0 Å². The number of Topliss-reactive ketones (excluding diaryl/α,β-unsaturated/α-hetero) is 1. The second-order valence-corrected chi connectivity index (χ2v) is 6.12. The normalized spacial score (nSPS) is 29.1. The Hall–Kier alpha value is -0.900. The third kappa shape index (κ3) is 2.44. The van der Waals surface area contributed by atoms with Crippen molar-refractivity contribution in [3.8, 4) is 0 Å². The number of carbonyl (C=O) groups is 2. The molecule has 18 heavy (non-hydrogen) atoms. The number of likely N-dealkylation sites (N-methyl/N-ethyl adjacent to an activating group) is 1. The van der Waals surface area contributed by atoms with Crippen molar-refractivity contribution in [2.45, 2.75) is 45.1 Å². The smallest absolute Gasteiger partial charge is 0.242 e. The minimum atomic E-state index is -0.422. The molecule has 1 aliphatic carbocycles. The summed E-state index contributed by atoms with van der Waals surface area (Å²) in [6, 6.07) is 0. The molecule has 4 nitrogen and oxygen atoms in total. The molecule has 1 aliphatic heterocycles. The molecular weight excluding hydrogens is 228 g/mol. The lowest BCUT2D eigenvalue weighted by Gasteiger charge is -2.45.